The second-order valence-electron chi connectivity index (χ2n) is 5.69. The molecule has 1 aromatic rings. The lowest BCUT2D eigenvalue weighted by molar-refractivity contribution is -0.539. The van der Waals surface area contributed by atoms with E-state index in [1.165, 1.54) is 0 Å². The topological polar surface area (TPSA) is 49.2 Å². The first-order chi connectivity index (χ1) is 8.59. The molecule has 2 rings (SSSR count). The van der Waals surface area contributed by atoms with Crippen LogP contribution < -0.4 is 0 Å². The number of rotatable bonds is 1. The summed E-state index contributed by atoms with van der Waals surface area (Å²) in [6.45, 7) is 7.13. The van der Waals surface area contributed by atoms with Crippen molar-refractivity contribution in [2.24, 2.45) is 0 Å². The molecule has 1 aliphatic heterocycles. The number of halogens is 2. The van der Waals surface area contributed by atoms with E-state index in [4.69, 9.17) is 0 Å². The standard InChI is InChI=1S/C13H15Br2N2O2/c1-12(2)13(3,4)17(19)11(16(12)18)8-5-9(14)7-10(15)6-8/h5-7H,1-4H3. The molecule has 0 fully saturated rings. The highest BCUT2D eigenvalue weighted by Gasteiger charge is 2.59. The number of amidine groups is 1. The van der Waals surface area contributed by atoms with Gasteiger partial charge >= 0.3 is 5.84 Å². The summed E-state index contributed by atoms with van der Waals surface area (Å²) in [4.78, 5) is 0. The Bertz CT molecular complexity index is 548. The molecular weight excluding hydrogens is 376 g/mol. The van der Waals surface area contributed by atoms with E-state index in [1.54, 1.807) is 39.8 Å². The first kappa shape index (κ1) is 14.8. The van der Waals surface area contributed by atoms with E-state index < -0.39 is 11.1 Å². The van der Waals surface area contributed by atoms with Gasteiger partial charge in [0.05, 0.1) is 5.56 Å². The third kappa shape index (κ3) is 2.10. The molecule has 0 saturated heterocycles. The SMILES string of the molecule is CC1(C)N([O])C(c2cc(Br)cc(Br)c2)=[N+]([O-])C1(C)C. The molecule has 103 valence electrons. The van der Waals surface area contributed by atoms with E-state index in [0.717, 1.165) is 18.7 Å². The van der Waals surface area contributed by atoms with Crippen molar-refractivity contribution in [3.63, 3.8) is 0 Å². The van der Waals surface area contributed by atoms with E-state index in [9.17, 15) is 10.4 Å². The van der Waals surface area contributed by atoms with Gasteiger partial charge in [0.1, 0.15) is 5.54 Å². The summed E-state index contributed by atoms with van der Waals surface area (Å²) in [5.74, 6) is 0.150. The Kier molecular flexibility index (Phi) is 3.48. The Morgan fingerprint density at radius 1 is 1.11 bits per heavy atom. The summed E-state index contributed by atoms with van der Waals surface area (Å²) in [6, 6.07) is 5.40. The lowest BCUT2D eigenvalue weighted by Gasteiger charge is -2.32. The summed E-state index contributed by atoms with van der Waals surface area (Å²) in [5, 5.41) is 25.8. The third-order valence-electron chi connectivity index (χ3n) is 4.02. The van der Waals surface area contributed by atoms with Crippen molar-refractivity contribution in [2.75, 3.05) is 0 Å². The first-order valence-electron chi connectivity index (χ1n) is 5.87. The molecule has 0 saturated carbocycles. The van der Waals surface area contributed by atoms with Crippen LogP contribution in [0.5, 0.6) is 0 Å². The average molecular weight is 391 g/mol. The minimum atomic E-state index is -0.793. The van der Waals surface area contributed by atoms with Crippen LogP contribution in [0.15, 0.2) is 27.1 Å². The monoisotopic (exact) mass is 389 g/mol. The molecule has 0 amide bonds. The number of hydrogen-bond acceptors (Lipinski definition) is 2. The fourth-order valence-electron chi connectivity index (χ4n) is 2.03. The smallest absolute Gasteiger partial charge is 0.316 e. The second kappa shape index (κ2) is 4.46. The maximum atomic E-state index is 12.5. The summed E-state index contributed by atoms with van der Waals surface area (Å²) >= 11 is 6.75. The van der Waals surface area contributed by atoms with Crippen molar-refractivity contribution >= 4 is 37.7 Å². The predicted octanol–water partition coefficient (Wildman–Crippen LogP) is 3.69. The van der Waals surface area contributed by atoms with Gasteiger partial charge in [-0.1, -0.05) is 36.9 Å². The fourth-order valence-corrected chi connectivity index (χ4v) is 3.32. The van der Waals surface area contributed by atoms with Crippen LogP contribution in [0.2, 0.25) is 0 Å². The lowest BCUT2D eigenvalue weighted by Crippen LogP contribution is -2.53. The Morgan fingerprint density at radius 3 is 1.95 bits per heavy atom. The lowest BCUT2D eigenvalue weighted by atomic mass is 9.84. The van der Waals surface area contributed by atoms with Crippen molar-refractivity contribution in [3.05, 3.63) is 37.9 Å². The Balaban J connectivity index is 2.65. The van der Waals surface area contributed by atoms with Crippen LogP contribution in [-0.2, 0) is 5.21 Å². The molecule has 19 heavy (non-hydrogen) atoms. The van der Waals surface area contributed by atoms with E-state index in [1.807, 2.05) is 6.07 Å². The molecule has 0 aliphatic carbocycles. The molecule has 0 spiro atoms. The largest absolute Gasteiger partial charge is 0.714 e. The van der Waals surface area contributed by atoms with Gasteiger partial charge in [-0.3, -0.25) is 4.74 Å². The van der Waals surface area contributed by atoms with Crippen molar-refractivity contribution < 1.29 is 9.95 Å². The summed E-state index contributed by atoms with van der Waals surface area (Å²) in [5.41, 5.74) is -0.984. The van der Waals surface area contributed by atoms with Gasteiger partial charge in [0, 0.05) is 14.2 Å². The zero-order chi connectivity index (χ0) is 14.6. The van der Waals surface area contributed by atoms with Crippen LogP contribution in [0.3, 0.4) is 0 Å². The molecule has 0 aromatic heterocycles. The van der Waals surface area contributed by atoms with Gasteiger partial charge in [0.15, 0.2) is 5.54 Å². The fraction of sp³-hybridized carbons (Fsp3) is 0.462. The van der Waals surface area contributed by atoms with Gasteiger partial charge in [0.25, 0.3) is 0 Å². The van der Waals surface area contributed by atoms with E-state index in [-0.39, 0.29) is 5.84 Å². The Labute approximate surface area is 129 Å². The minimum absolute atomic E-state index is 0.150. The van der Waals surface area contributed by atoms with Gasteiger partial charge < -0.3 is 5.21 Å². The Hall–Kier alpha value is -0.590. The van der Waals surface area contributed by atoms with Crippen LogP contribution in [-0.4, -0.2) is 26.7 Å². The molecule has 1 aliphatic rings. The normalized spacial score (nSPS) is 21.1. The summed E-state index contributed by atoms with van der Waals surface area (Å²) < 4.78 is 2.44. The van der Waals surface area contributed by atoms with E-state index in [2.05, 4.69) is 31.9 Å². The molecule has 4 nitrogen and oxygen atoms in total. The van der Waals surface area contributed by atoms with Crippen molar-refractivity contribution in [1.82, 2.24) is 5.06 Å². The highest BCUT2D eigenvalue weighted by atomic mass is 79.9. The highest BCUT2D eigenvalue weighted by molar-refractivity contribution is 9.11. The van der Waals surface area contributed by atoms with Crippen molar-refractivity contribution in [2.45, 2.75) is 38.8 Å². The molecule has 1 heterocycles. The Morgan fingerprint density at radius 2 is 1.58 bits per heavy atom. The maximum absolute atomic E-state index is 12.5. The van der Waals surface area contributed by atoms with Crippen LogP contribution in [0, 0.1) is 5.21 Å². The third-order valence-corrected chi connectivity index (χ3v) is 4.93. The van der Waals surface area contributed by atoms with Crippen LogP contribution in [0.4, 0.5) is 0 Å². The van der Waals surface area contributed by atoms with Gasteiger partial charge in [-0.25, -0.2) is 0 Å². The quantitative estimate of drug-likeness (QED) is 0.542. The number of benzene rings is 1. The first-order valence-corrected chi connectivity index (χ1v) is 7.46. The second-order valence-corrected chi connectivity index (χ2v) is 7.52. The minimum Gasteiger partial charge on any atom is -0.714 e. The summed E-state index contributed by atoms with van der Waals surface area (Å²) in [6.07, 6.45) is 0. The molecule has 1 aromatic carbocycles. The number of hydrogen-bond donors (Lipinski definition) is 0. The molecule has 0 N–H and O–H groups in total. The van der Waals surface area contributed by atoms with E-state index in [0.29, 0.717) is 5.56 Å². The molecule has 6 heteroatoms. The molecule has 1 radical (unpaired) electrons. The summed E-state index contributed by atoms with van der Waals surface area (Å²) in [7, 11) is 0. The average Bonchev–Trinajstić information content (AvgIpc) is 2.37. The zero-order valence-electron chi connectivity index (χ0n) is 11.2. The van der Waals surface area contributed by atoms with Crippen LogP contribution in [0.1, 0.15) is 33.3 Å². The van der Waals surface area contributed by atoms with Crippen LogP contribution >= 0.6 is 31.9 Å². The van der Waals surface area contributed by atoms with Gasteiger partial charge in [0.2, 0.25) is 0 Å². The van der Waals surface area contributed by atoms with Crippen molar-refractivity contribution in [3.8, 4) is 0 Å². The van der Waals surface area contributed by atoms with Gasteiger partial charge in [-0.15, -0.1) is 0 Å². The molecule has 0 atom stereocenters. The predicted molar refractivity (Wildman–Crippen MR) is 80.3 cm³/mol. The maximum Gasteiger partial charge on any atom is 0.316 e. The molecular formula is C13H15Br2N2O2. The number of nitrogens with zero attached hydrogens (tertiary/aromatic N) is 2. The van der Waals surface area contributed by atoms with Crippen LogP contribution in [0.25, 0.3) is 0 Å². The zero-order valence-corrected chi connectivity index (χ0v) is 14.4. The molecule has 0 bridgehead atoms. The van der Waals surface area contributed by atoms with Crippen molar-refractivity contribution in [1.29, 1.82) is 0 Å². The number of hydroxylamine groups is 3. The van der Waals surface area contributed by atoms with Gasteiger partial charge in [-0.2, -0.15) is 0 Å². The molecule has 0 unspecified atom stereocenters. The highest BCUT2D eigenvalue weighted by Crippen LogP contribution is 2.38. The van der Waals surface area contributed by atoms with Gasteiger partial charge in [-0.05, 0) is 45.9 Å². The van der Waals surface area contributed by atoms with E-state index >= 15 is 0 Å².